The molecule has 1 unspecified atom stereocenters. The fraction of sp³-hybridized carbons (Fsp3) is 0.111. The first-order valence-corrected chi connectivity index (χ1v) is 8.53. The molecule has 0 amide bonds. The molecule has 4 heteroatoms. The molecule has 0 aromatic heterocycles. The van der Waals surface area contributed by atoms with Gasteiger partial charge in [0.2, 0.25) is 0 Å². The Kier molecular flexibility index (Phi) is 4.54. The molecule has 0 saturated carbocycles. The molecule has 0 bridgehead atoms. The van der Waals surface area contributed by atoms with Gasteiger partial charge in [0, 0.05) is 5.70 Å². The molecule has 0 spiro atoms. The first kappa shape index (κ1) is 15.6. The van der Waals surface area contributed by atoms with Crippen LogP contribution in [0.5, 0.6) is 0 Å². The summed E-state index contributed by atoms with van der Waals surface area (Å²) in [5.74, 6) is -0.330. The van der Waals surface area contributed by atoms with Crippen molar-refractivity contribution in [2.24, 2.45) is 0 Å². The zero-order chi connectivity index (χ0) is 15.7. The molecular formula is C18H14ClFIN. The molecule has 1 aliphatic rings. The number of hydrogen-bond acceptors (Lipinski definition) is 1. The van der Waals surface area contributed by atoms with Gasteiger partial charge < -0.3 is 5.32 Å². The predicted molar refractivity (Wildman–Crippen MR) is 99.4 cm³/mol. The van der Waals surface area contributed by atoms with Crippen LogP contribution in [0.2, 0.25) is 5.02 Å². The molecule has 0 saturated heterocycles. The number of hydrogen-bond donors (Lipinski definition) is 1. The van der Waals surface area contributed by atoms with Gasteiger partial charge in [0.15, 0.2) is 0 Å². The normalized spacial score (nSPS) is 18.3. The number of nitrogens with one attached hydrogen (secondary N) is 1. The quantitative estimate of drug-likeness (QED) is 0.484. The van der Waals surface area contributed by atoms with E-state index < -0.39 is 0 Å². The molecular weight excluding hydrogens is 412 g/mol. The summed E-state index contributed by atoms with van der Waals surface area (Å²) in [4.78, 5) is 0. The highest BCUT2D eigenvalue weighted by atomic mass is 127. The highest BCUT2D eigenvalue weighted by molar-refractivity contribution is 14.1. The van der Waals surface area contributed by atoms with Crippen molar-refractivity contribution in [3.8, 4) is 0 Å². The molecule has 1 N–H and O–H groups in total. The maximum atomic E-state index is 14.4. The van der Waals surface area contributed by atoms with Crippen LogP contribution >= 0.6 is 34.2 Å². The molecule has 1 aliphatic heterocycles. The van der Waals surface area contributed by atoms with E-state index >= 15 is 0 Å². The van der Waals surface area contributed by atoms with Crippen LogP contribution in [-0.2, 0) is 0 Å². The van der Waals surface area contributed by atoms with Crippen LogP contribution in [0.15, 0.2) is 60.8 Å². The van der Waals surface area contributed by atoms with E-state index in [0.717, 1.165) is 23.3 Å². The van der Waals surface area contributed by atoms with Crippen LogP contribution < -0.4 is 5.32 Å². The van der Waals surface area contributed by atoms with Crippen molar-refractivity contribution in [1.29, 1.82) is 0 Å². The lowest BCUT2D eigenvalue weighted by molar-refractivity contribution is 0.622. The number of halogens is 3. The van der Waals surface area contributed by atoms with Crippen LogP contribution in [0.3, 0.4) is 0 Å². The van der Waals surface area contributed by atoms with Crippen molar-refractivity contribution < 1.29 is 4.39 Å². The maximum Gasteiger partial charge on any atom is 0.134 e. The third-order valence-corrected chi connectivity index (χ3v) is 5.19. The van der Waals surface area contributed by atoms with Crippen molar-refractivity contribution in [3.63, 3.8) is 0 Å². The van der Waals surface area contributed by atoms with E-state index in [0.29, 0.717) is 16.3 Å². The second kappa shape index (κ2) is 6.42. The summed E-state index contributed by atoms with van der Waals surface area (Å²) < 4.78 is 14.6. The summed E-state index contributed by atoms with van der Waals surface area (Å²) in [6.07, 6.45) is 0.788. The van der Waals surface area contributed by atoms with Crippen molar-refractivity contribution in [3.05, 3.63) is 82.8 Å². The number of benzene rings is 2. The van der Waals surface area contributed by atoms with Gasteiger partial charge in [-0.15, -0.1) is 0 Å². The fourth-order valence-corrected chi connectivity index (χ4v) is 3.42. The minimum Gasteiger partial charge on any atom is -0.358 e. The third-order valence-electron chi connectivity index (χ3n) is 3.68. The Labute approximate surface area is 148 Å². The molecule has 0 radical (unpaired) electrons. The second-order valence-electron chi connectivity index (χ2n) is 5.14. The molecule has 0 aliphatic carbocycles. The van der Waals surface area contributed by atoms with E-state index in [-0.39, 0.29) is 9.74 Å². The molecule has 22 heavy (non-hydrogen) atoms. The Morgan fingerprint density at radius 2 is 1.86 bits per heavy atom. The average molecular weight is 426 g/mol. The first-order valence-electron chi connectivity index (χ1n) is 6.90. The number of allylic oxidation sites excluding steroid dienone is 2. The summed E-state index contributed by atoms with van der Waals surface area (Å²) in [5, 5.41) is 3.66. The minimum atomic E-state index is -0.330. The highest BCUT2D eigenvalue weighted by Gasteiger charge is 2.26. The first-order chi connectivity index (χ1) is 10.6. The van der Waals surface area contributed by atoms with Crippen molar-refractivity contribution >= 4 is 45.5 Å². The topological polar surface area (TPSA) is 12.0 Å². The smallest absolute Gasteiger partial charge is 0.134 e. The van der Waals surface area contributed by atoms with Crippen molar-refractivity contribution in [1.82, 2.24) is 5.32 Å². The van der Waals surface area contributed by atoms with E-state index in [9.17, 15) is 4.39 Å². The molecule has 2 aromatic carbocycles. The van der Waals surface area contributed by atoms with Crippen LogP contribution in [0, 0.1) is 5.82 Å². The van der Waals surface area contributed by atoms with Gasteiger partial charge in [-0.1, -0.05) is 77.2 Å². The zero-order valence-corrected chi connectivity index (χ0v) is 14.7. The summed E-state index contributed by atoms with van der Waals surface area (Å²) in [5.41, 5.74) is 4.12. The van der Waals surface area contributed by atoms with Gasteiger partial charge in [-0.05, 0) is 29.7 Å². The van der Waals surface area contributed by atoms with Gasteiger partial charge in [-0.2, -0.15) is 0 Å². The summed E-state index contributed by atoms with van der Waals surface area (Å²) >= 11 is 8.60. The van der Waals surface area contributed by atoms with Crippen molar-refractivity contribution in [2.75, 3.05) is 0 Å². The van der Waals surface area contributed by atoms with Gasteiger partial charge in [-0.25, -0.2) is 4.39 Å². The SMILES string of the molecule is C=C1NC(c2c(F)cccc2Cl)=C(c2ccccc2)CC1I. The lowest BCUT2D eigenvalue weighted by Crippen LogP contribution is -2.26. The van der Waals surface area contributed by atoms with E-state index in [1.165, 1.54) is 6.07 Å². The van der Waals surface area contributed by atoms with Gasteiger partial charge in [0.25, 0.3) is 0 Å². The third kappa shape index (κ3) is 2.92. The maximum absolute atomic E-state index is 14.4. The van der Waals surface area contributed by atoms with E-state index in [1.54, 1.807) is 12.1 Å². The Hall–Kier alpha value is -1.33. The molecule has 1 nitrogen and oxygen atoms in total. The molecule has 1 atom stereocenters. The largest absolute Gasteiger partial charge is 0.358 e. The monoisotopic (exact) mass is 425 g/mol. The van der Waals surface area contributed by atoms with E-state index in [1.807, 2.05) is 30.3 Å². The fourth-order valence-electron chi connectivity index (χ4n) is 2.57. The lowest BCUT2D eigenvalue weighted by Gasteiger charge is -2.29. The molecule has 0 fully saturated rings. The van der Waals surface area contributed by atoms with Crippen LogP contribution in [0.1, 0.15) is 17.5 Å². The average Bonchev–Trinajstić information content (AvgIpc) is 2.51. The predicted octanol–water partition coefficient (Wildman–Crippen LogP) is 5.66. The van der Waals surface area contributed by atoms with E-state index in [2.05, 4.69) is 34.5 Å². The van der Waals surface area contributed by atoms with Crippen LogP contribution in [0.25, 0.3) is 11.3 Å². The Morgan fingerprint density at radius 1 is 1.14 bits per heavy atom. The molecule has 3 rings (SSSR count). The minimum absolute atomic E-state index is 0.252. The number of alkyl halides is 1. The Morgan fingerprint density at radius 3 is 2.55 bits per heavy atom. The second-order valence-corrected chi connectivity index (χ2v) is 7.05. The van der Waals surface area contributed by atoms with E-state index in [4.69, 9.17) is 11.6 Å². The van der Waals surface area contributed by atoms with Crippen LogP contribution in [0.4, 0.5) is 4.39 Å². The van der Waals surface area contributed by atoms with Crippen molar-refractivity contribution in [2.45, 2.75) is 10.3 Å². The van der Waals surface area contributed by atoms with Gasteiger partial charge in [0.05, 0.1) is 20.2 Å². The zero-order valence-electron chi connectivity index (χ0n) is 11.7. The standard InChI is InChI=1S/C18H14ClFIN/c1-11-16(21)10-13(12-6-3-2-4-7-12)18(22-11)17-14(19)8-5-9-15(17)20/h2-9,16,22H,1,10H2. The Bertz CT molecular complexity index is 735. The van der Waals surface area contributed by atoms with Crippen LogP contribution in [-0.4, -0.2) is 3.92 Å². The van der Waals surface area contributed by atoms with Gasteiger partial charge >= 0.3 is 0 Å². The summed E-state index contributed by atoms with van der Waals surface area (Å²) in [7, 11) is 0. The molecule has 1 heterocycles. The summed E-state index contributed by atoms with van der Waals surface area (Å²) in [6.45, 7) is 4.04. The van der Waals surface area contributed by atoms with Gasteiger partial charge in [-0.3, -0.25) is 0 Å². The number of rotatable bonds is 2. The summed E-state index contributed by atoms with van der Waals surface area (Å²) in [6, 6.07) is 14.7. The lowest BCUT2D eigenvalue weighted by atomic mass is 9.91. The molecule has 2 aromatic rings. The Balaban J connectivity index is 2.24. The van der Waals surface area contributed by atoms with Gasteiger partial charge in [0.1, 0.15) is 5.82 Å². The highest BCUT2D eigenvalue weighted by Crippen LogP contribution is 2.39. The molecule has 112 valence electrons.